The Labute approximate surface area is 48.2 Å². The van der Waals surface area contributed by atoms with Gasteiger partial charge in [0.15, 0.2) is 0 Å². The van der Waals surface area contributed by atoms with Crippen molar-refractivity contribution >= 4 is 0 Å². The molecule has 1 heterocycles. The molecule has 1 unspecified atom stereocenters. The van der Waals surface area contributed by atoms with Gasteiger partial charge in [-0.3, -0.25) is 0 Å². The Bertz CT molecular complexity index is 70.1. The van der Waals surface area contributed by atoms with Gasteiger partial charge in [-0.25, -0.2) is 4.39 Å². The molecule has 1 fully saturated rings. The van der Waals surface area contributed by atoms with Crippen LogP contribution in [0.25, 0.3) is 0 Å². The number of rotatable bonds is 2. The lowest BCUT2D eigenvalue weighted by Crippen LogP contribution is -2.49. The minimum atomic E-state index is -0.781. The van der Waals surface area contributed by atoms with Crippen LogP contribution in [-0.2, 0) is 0 Å². The van der Waals surface area contributed by atoms with Gasteiger partial charge in [-0.2, -0.15) is 0 Å². The Balaban J connectivity index is 2.13. The van der Waals surface area contributed by atoms with E-state index in [1.54, 1.807) is 0 Å². The monoisotopic (exact) mass is 118 g/mol. The molecule has 1 atom stereocenters. The first-order chi connectivity index (χ1) is 3.84. The average Bonchev–Trinajstić information content (AvgIpc) is 1.62. The van der Waals surface area contributed by atoms with Gasteiger partial charge in [0.1, 0.15) is 6.17 Å². The van der Waals surface area contributed by atoms with Crippen molar-refractivity contribution in [2.24, 2.45) is 11.7 Å². The minimum Gasteiger partial charge on any atom is -0.328 e. The lowest BCUT2D eigenvalue weighted by atomic mass is 9.98. The minimum absolute atomic E-state index is 0.173. The van der Waals surface area contributed by atoms with E-state index in [2.05, 4.69) is 5.32 Å². The number of halogens is 1. The second-order valence-corrected chi connectivity index (χ2v) is 2.17. The summed E-state index contributed by atoms with van der Waals surface area (Å²) in [6.45, 7) is 1.78. The van der Waals surface area contributed by atoms with Gasteiger partial charge in [0.25, 0.3) is 0 Å². The van der Waals surface area contributed by atoms with Gasteiger partial charge < -0.3 is 11.1 Å². The summed E-state index contributed by atoms with van der Waals surface area (Å²) in [7, 11) is 0. The van der Waals surface area contributed by atoms with Gasteiger partial charge in [-0.15, -0.1) is 0 Å². The molecule has 3 N–H and O–H groups in total. The fraction of sp³-hybridized carbons (Fsp3) is 1.00. The molecule has 1 aliphatic heterocycles. The molecule has 3 heteroatoms. The van der Waals surface area contributed by atoms with E-state index in [0.29, 0.717) is 0 Å². The highest BCUT2D eigenvalue weighted by Gasteiger charge is 2.24. The van der Waals surface area contributed by atoms with Crippen molar-refractivity contribution in [3.05, 3.63) is 0 Å². The van der Waals surface area contributed by atoms with E-state index in [-0.39, 0.29) is 12.5 Å². The molecule has 1 aliphatic rings. The summed E-state index contributed by atoms with van der Waals surface area (Å²) in [6.07, 6.45) is -0.781. The zero-order chi connectivity index (χ0) is 5.98. The number of hydrogen-bond acceptors (Lipinski definition) is 2. The maximum atomic E-state index is 12.4. The number of nitrogens with one attached hydrogen (secondary N) is 1. The molecule has 8 heavy (non-hydrogen) atoms. The molecular weight excluding hydrogens is 107 g/mol. The van der Waals surface area contributed by atoms with Crippen LogP contribution in [0.3, 0.4) is 0 Å². The highest BCUT2D eigenvalue weighted by atomic mass is 19.1. The summed E-state index contributed by atoms with van der Waals surface area (Å²) in [5.74, 6) is 0.194. The van der Waals surface area contributed by atoms with Crippen LogP contribution in [0.15, 0.2) is 0 Å². The van der Waals surface area contributed by atoms with Crippen molar-refractivity contribution in [1.82, 2.24) is 5.32 Å². The fourth-order valence-corrected chi connectivity index (χ4v) is 0.759. The molecule has 0 spiro atoms. The molecule has 0 amide bonds. The molecule has 0 aromatic rings. The van der Waals surface area contributed by atoms with Crippen LogP contribution in [0.2, 0.25) is 0 Å². The maximum absolute atomic E-state index is 12.4. The van der Waals surface area contributed by atoms with Gasteiger partial charge >= 0.3 is 0 Å². The molecule has 2 nitrogen and oxygen atoms in total. The van der Waals surface area contributed by atoms with Gasteiger partial charge in [0, 0.05) is 25.6 Å². The smallest absolute Gasteiger partial charge is 0.117 e. The largest absolute Gasteiger partial charge is 0.328 e. The molecular formula is C5H11FN2. The number of alkyl halides is 1. The molecule has 0 radical (unpaired) electrons. The highest BCUT2D eigenvalue weighted by Crippen LogP contribution is 2.10. The van der Waals surface area contributed by atoms with E-state index >= 15 is 0 Å². The number of nitrogens with two attached hydrogens (primary N) is 1. The third-order valence-corrected chi connectivity index (χ3v) is 1.55. The van der Waals surface area contributed by atoms with Crippen LogP contribution in [-0.4, -0.2) is 25.8 Å². The zero-order valence-corrected chi connectivity index (χ0v) is 4.73. The lowest BCUT2D eigenvalue weighted by Gasteiger charge is -2.29. The molecule has 0 bridgehead atoms. The van der Waals surface area contributed by atoms with E-state index < -0.39 is 6.17 Å². The van der Waals surface area contributed by atoms with E-state index in [9.17, 15) is 4.39 Å². The van der Waals surface area contributed by atoms with Crippen molar-refractivity contribution in [2.45, 2.75) is 6.17 Å². The molecule has 0 aromatic heterocycles. The summed E-state index contributed by atoms with van der Waals surface area (Å²) in [5, 5.41) is 2.98. The Morgan fingerprint density at radius 3 is 2.50 bits per heavy atom. The molecule has 0 aliphatic carbocycles. The first kappa shape index (κ1) is 5.98. The first-order valence-corrected chi connectivity index (χ1v) is 2.89. The molecule has 0 saturated carbocycles. The Morgan fingerprint density at radius 2 is 2.38 bits per heavy atom. The lowest BCUT2D eigenvalue weighted by molar-refractivity contribution is 0.176. The third-order valence-electron chi connectivity index (χ3n) is 1.55. The Morgan fingerprint density at radius 1 is 1.75 bits per heavy atom. The summed E-state index contributed by atoms with van der Waals surface area (Å²) in [5.41, 5.74) is 5.08. The van der Waals surface area contributed by atoms with Crippen molar-refractivity contribution in [2.75, 3.05) is 19.6 Å². The van der Waals surface area contributed by atoms with Crippen LogP contribution >= 0.6 is 0 Å². The van der Waals surface area contributed by atoms with Gasteiger partial charge in [0.2, 0.25) is 0 Å². The van der Waals surface area contributed by atoms with E-state index in [1.807, 2.05) is 0 Å². The van der Waals surface area contributed by atoms with E-state index in [0.717, 1.165) is 13.1 Å². The second kappa shape index (κ2) is 2.42. The van der Waals surface area contributed by atoms with Gasteiger partial charge in [-0.05, 0) is 0 Å². The summed E-state index contributed by atoms with van der Waals surface area (Å²) >= 11 is 0. The zero-order valence-electron chi connectivity index (χ0n) is 4.73. The first-order valence-electron chi connectivity index (χ1n) is 2.89. The topological polar surface area (TPSA) is 38.0 Å². The molecule has 1 saturated heterocycles. The van der Waals surface area contributed by atoms with Crippen molar-refractivity contribution in [3.63, 3.8) is 0 Å². The fourth-order valence-electron chi connectivity index (χ4n) is 0.759. The Hall–Kier alpha value is -0.150. The van der Waals surface area contributed by atoms with Crippen molar-refractivity contribution in [1.29, 1.82) is 0 Å². The second-order valence-electron chi connectivity index (χ2n) is 2.17. The van der Waals surface area contributed by atoms with E-state index in [4.69, 9.17) is 5.73 Å². The predicted molar refractivity (Wildman–Crippen MR) is 30.3 cm³/mol. The summed E-state index contributed by atoms with van der Waals surface area (Å²) < 4.78 is 12.4. The predicted octanol–water partition coefficient (Wildman–Crippen LogP) is -0.497. The summed E-state index contributed by atoms with van der Waals surface area (Å²) in [4.78, 5) is 0. The molecule has 0 aromatic carbocycles. The number of hydrogen-bond donors (Lipinski definition) is 2. The van der Waals surface area contributed by atoms with Crippen LogP contribution in [0, 0.1) is 5.92 Å². The quantitative estimate of drug-likeness (QED) is 0.513. The van der Waals surface area contributed by atoms with Crippen molar-refractivity contribution in [3.8, 4) is 0 Å². The SMILES string of the molecule is NCC(F)C1CNC1. The van der Waals surface area contributed by atoms with E-state index in [1.165, 1.54) is 0 Å². The van der Waals surface area contributed by atoms with Crippen LogP contribution < -0.4 is 11.1 Å². The molecule has 1 rings (SSSR count). The van der Waals surface area contributed by atoms with Crippen LogP contribution in [0.5, 0.6) is 0 Å². The normalized spacial score (nSPS) is 24.8. The molecule has 48 valence electrons. The van der Waals surface area contributed by atoms with Crippen LogP contribution in [0.1, 0.15) is 0 Å². The maximum Gasteiger partial charge on any atom is 0.117 e. The standard InChI is InChI=1S/C5H11FN2/c6-5(1-7)4-2-8-3-4/h4-5,8H,1-3,7H2. The highest BCUT2D eigenvalue weighted by molar-refractivity contribution is 4.81. The van der Waals surface area contributed by atoms with Crippen LogP contribution in [0.4, 0.5) is 4.39 Å². The third kappa shape index (κ3) is 0.980. The summed E-state index contributed by atoms with van der Waals surface area (Å²) in [6, 6.07) is 0. The average molecular weight is 118 g/mol. The Kier molecular flexibility index (Phi) is 1.81. The van der Waals surface area contributed by atoms with Crippen molar-refractivity contribution < 1.29 is 4.39 Å². The van der Waals surface area contributed by atoms with Gasteiger partial charge in [-0.1, -0.05) is 0 Å². The van der Waals surface area contributed by atoms with Gasteiger partial charge in [0.05, 0.1) is 0 Å².